The van der Waals surface area contributed by atoms with E-state index >= 15 is 0 Å². The van der Waals surface area contributed by atoms with Crippen LogP contribution < -0.4 is 0 Å². The Balaban J connectivity index is 2.48. The van der Waals surface area contributed by atoms with Crippen LogP contribution in [-0.4, -0.2) is 17.2 Å². The third kappa shape index (κ3) is 4.33. The van der Waals surface area contributed by atoms with E-state index in [1.807, 2.05) is 31.2 Å². The number of hydrogen-bond donors (Lipinski definition) is 1. The van der Waals surface area contributed by atoms with Gasteiger partial charge in [-0.15, -0.1) is 0 Å². The Bertz CT molecular complexity index is 335. The molecule has 0 saturated heterocycles. The van der Waals surface area contributed by atoms with Crippen molar-refractivity contribution in [3.63, 3.8) is 0 Å². The first-order valence-corrected chi connectivity index (χ1v) is 6.01. The standard InChI is InChI=1S/C12H15BrO3/c1-2-3-11(12(14)15)16-8-9-4-6-10(13)7-5-9/h4-7,11H,2-3,8H2,1H3,(H,14,15). The molecule has 1 rings (SSSR count). The van der Waals surface area contributed by atoms with Gasteiger partial charge in [0.25, 0.3) is 0 Å². The topological polar surface area (TPSA) is 46.5 Å². The van der Waals surface area contributed by atoms with Gasteiger partial charge < -0.3 is 9.84 Å². The van der Waals surface area contributed by atoms with E-state index in [4.69, 9.17) is 9.84 Å². The van der Waals surface area contributed by atoms with Gasteiger partial charge in [0.05, 0.1) is 6.61 Å². The lowest BCUT2D eigenvalue weighted by Gasteiger charge is -2.12. The van der Waals surface area contributed by atoms with Gasteiger partial charge in [-0.25, -0.2) is 4.79 Å². The summed E-state index contributed by atoms with van der Waals surface area (Å²) in [5.74, 6) is -0.890. The van der Waals surface area contributed by atoms with Crippen LogP contribution in [-0.2, 0) is 16.1 Å². The minimum Gasteiger partial charge on any atom is -0.479 e. The maximum absolute atomic E-state index is 10.8. The van der Waals surface area contributed by atoms with E-state index in [1.54, 1.807) is 0 Å². The van der Waals surface area contributed by atoms with Gasteiger partial charge in [0.2, 0.25) is 0 Å². The second-order valence-electron chi connectivity index (χ2n) is 3.55. The molecular formula is C12H15BrO3. The quantitative estimate of drug-likeness (QED) is 0.873. The third-order valence-corrected chi connectivity index (χ3v) is 2.72. The summed E-state index contributed by atoms with van der Waals surface area (Å²) in [4.78, 5) is 10.8. The van der Waals surface area contributed by atoms with Crippen molar-refractivity contribution in [2.24, 2.45) is 0 Å². The molecule has 1 aromatic rings. The minimum absolute atomic E-state index is 0.338. The number of halogens is 1. The summed E-state index contributed by atoms with van der Waals surface area (Å²) in [5.41, 5.74) is 0.977. The first kappa shape index (κ1) is 13.2. The van der Waals surface area contributed by atoms with Crippen molar-refractivity contribution in [2.45, 2.75) is 32.5 Å². The SMILES string of the molecule is CCCC(OCc1ccc(Br)cc1)C(=O)O. The van der Waals surface area contributed by atoms with Crippen LogP contribution in [0.5, 0.6) is 0 Å². The third-order valence-electron chi connectivity index (χ3n) is 2.19. The van der Waals surface area contributed by atoms with Gasteiger partial charge in [0.15, 0.2) is 6.10 Å². The number of ether oxygens (including phenoxy) is 1. The van der Waals surface area contributed by atoms with Crippen LogP contribution >= 0.6 is 15.9 Å². The zero-order chi connectivity index (χ0) is 12.0. The molecule has 1 unspecified atom stereocenters. The molecular weight excluding hydrogens is 272 g/mol. The Kier molecular flexibility index (Phi) is 5.49. The number of carboxylic acid groups (broad SMARTS) is 1. The predicted molar refractivity (Wildman–Crippen MR) is 65.3 cm³/mol. The van der Waals surface area contributed by atoms with Crippen LogP contribution in [0.4, 0.5) is 0 Å². The summed E-state index contributed by atoms with van der Waals surface area (Å²) in [6.45, 7) is 2.28. The van der Waals surface area contributed by atoms with Gasteiger partial charge >= 0.3 is 5.97 Å². The zero-order valence-electron chi connectivity index (χ0n) is 9.15. The molecule has 0 aliphatic heterocycles. The minimum atomic E-state index is -0.890. The first-order valence-electron chi connectivity index (χ1n) is 5.22. The summed E-state index contributed by atoms with van der Waals surface area (Å²) in [6.07, 6.45) is 0.650. The van der Waals surface area contributed by atoms with E-state index in [0.717, 1.165) is 16.5 Å². The summed E-state index contributed by atoms with van der Waals surface area (Å²) < 4.78 is 6.35. The Morgan fingerprint density at radius 1 is 1.44 bits per heavy atom. The van der Waals surface area contributed by atoms with Crippen LogP contribution in [0.2, 0.25) is 0 Å². The fourth-order valence-corrected chi connectivity index (χ4v) is 1.58. The normalized spacial score (nSPS) is 12.4. The number of benzene rings is 1. The predicted octanol–water partition coefficient (Wildman–Crippen LogP) is 3.22. The maximum Gasteiger partial charge on any atom is 0.332 e. The van der Waals surface area contributed by atoms with E-state index in [2.05, 4.69) is 15.9 Å². The lowest BCUT2D eigenvalue weighted by molar-refractivity contribution is -0.151. The van der Waals surface area contributed by atoms with E-state index in [0.29, 0.717) is 13.0 Å². The summed E-state index contributed by atoms with van der Waals surface area (Å²) >= 11 is 3.34. The van der Waals surface area contributed by atoms with Crippen LogP contribution in [0, 0.1) is 0 Å². The van der Waals surface area contributed by atoms with Gasteiger partial charge in [-0.05, 0) is 24.1 Å². The second-order valence-corrected chi connectivity index (χ2v) is 4.47. The molecule has 0 aromatic heterocycles. The molecule has 0 saturated carbocycles. The highest BCUT2D eigenvalue weighted by Crippen LogP contribution is 2.13. The lowest BCUT2D eigenvalue weighted by atomic mass is 10.2. The molecule has 0 amide bonds. The Morgan fingerprint density at radius 2 is 2.06 bits per heavy atom. The first-order chi connectivity index (χ1) is 7.63. The molecule has 0 heterocycles. The molecule has 16 heavy (non-hydrogen) atoms. The second kappa shape index (κ2) is 6.66. The van der Waals surface area contributed by atoms with Crippen LogP contribution in [0.3, 0.4) is 0 Å². The fourth-order valence-electron chi connectivity index (χ4n) is 1.32. The number of hydrogen-bond acceptors (Lipinski definition) is 2. The molecule has 1 atom stereocenters. The van der Waals surface area contributed by atoms with Gasteiger partial charge in [0.1, 0.15) is 0 Å². The highest BCUT2D eigenvalue weighted by atomic mass is 79.9. The van der Waals surface area contributed by atoms with Crippen molar-refractivity contribution < 1.29 is 14.6 Å². The van der Waals surface area contributed by atoms with Crippen molar-refractivity contribution in [1.82, 2.24) is 0 Å². The number of carbonyl (C=O) groups is 1. The van der Waals surface area contributed by atoms with Crippen LogP contribution in [0.1, 0.15) is 25.3 Å². The molecule has 0 aliphatic rings. The van der Waals surface area contributed by atoms with E-state index in [9.17, 15) is 4.79 Å². The van der Waals surface area contributed by atoms with E-state index < -0.39 is 12.1 Å². The fraction of sp³-hybridized carbons (Fsp3) is 0.417. The van der Waals surface area contributed by atoms with Crippen molar-refractivity contribution in [2.75, 3.05) is 0 Å². The number of rotatable bonds is 6. The van der Waals surface area contributed by atoms with Crippen molar-refractivity contribution >= 4 is 21.9 Å². The molecule has 1 aromatic carbocycles. The summed E-state index contributed by atoms with van der Waals surface area (Å²) in [5, 5.41) is 8.89. The molecule has 0 fully saturated rings. The number of carboxylic acids is 1. The van der Waals surface area contributed by atoms with Crippen molar-refractivity contribution in [1.29, 1.82) is 0 Å². The molecule has 88 valence electrons. The Labute approximate surface area is 104 Å². The molecule has 0 bridgehead atoms. The van der Waals surface area contributed by atoms with E-state index in [-0.39, 0.29) is 0 Å². The monoisotopic (exact) mass is 286 g/mol. The molecule has 0 radical (unpaired) electrons. The van der Waals surface area contributed by atoms with Crippen molar-refractivity contribution in [3.8, 4) is 0 Å². The van der Waals surface area contributed by atoms with Gasteiger partial charge in [-0.3, -0.25) is 0 Å². The Morgan fingerprint density at radius 3 is 2.56 bits per heavy atom. The van der Waals surface area contributed by atoms with E-state index in [1.165, 1.54) is 0 Å². The molecule has 1 N–H and O–H groups in total. The lowest BCUT2D eigenvalue weighted by Crippen LogP contribution is -2.23. The van der Waals surface area contributed by atoms with Gasteiger partial charge in [-0.1, -0.05) is 41.4 Å². The molecule has 4 heteroatoms. The zero-order valence-corrected chi connectivity index (χ0v) is 10.7. The molecule has 3 nitrogen and oxygen atoms in total. The average Bonchev–Trinajstić information content (AvgIpc) is 2.26. The Hall–Kier alpha value is -0.870. The summed E-state index contributed by atoms with van der Waals surface area (Å²) in [6, 6.07) is 7.65. The molecule has 0 spiro atoms. The van der Waals surface area contributed by atoms with Crippen LogP contribution in [0.25, 0.3) is 0 Å². The van der Waals surface area contributed by atoms with Gasteiger partial charge in [0, 0.05) is 4.47 Å². The van der Waals surface area contributed by atoms with Gasteiger partial charge in [-0.2, -0.15) is 0 Å². The average molecular weight is 287 g/mol. The van der Waals surface area contributed by atoms with Crippen molar-refractivity contribution in [3.05, 3.63) is 34.3 Å². The summed E-state index contributed by atoms with van der Waals surface area (Å²) in [7, 11) is 0. The smallest absolute Gasteiger partial charge is 0.332 e. The molecule has 0 aliphatic carbocycles. The van der Waals surface area contributed by atoms with Crippen LogP contribution in [0.15, 0.2) is 28.7 Å². The highest BCUT2D eigenvalue weighted by Gasteiger charge is 2.16. The maximum atomic E-state index is 10.8. The largest absolute Gasteiger partial charge is 0.479 e. The highest BCUT2D eigenvalue weighted by molar-refractivity contribution is 9.10. The number of aliphatic carboxylic acids is 1.